The zero-order valence-corrected chi connectivity index (χ0v) is 17.3. The van der Waals surface area contributed by atoms with E-state index in [1.807, 2.05) is 0 Å². The lowest BCUT2D eigenvalue weighted by Gasteiger charge is -2.13. The number of hydrogen-bond donors (Lipinski definition) is 3. The second-order valence-corrected chi connectivity index (χ2v) is 8.35. The topological polar surface area (TPSA) is 118 Å². The molecule has 2 aromatic rings. The third-order valence-corrected chi connectivity index (χ3v) is 5.83. The molecule has 2 aromatic carbocycles. The maximum absolute atomic E-state index is 13.0. The number of rotatable bonds is 10. The zero-order chi connectivity index (χ0) is 22.1. The molecule has 0 aliphatic rings. The van der Waals surface area contributed by atoms with Gasteiger partial charge in [0, 0.05) is 19.2 Å². The van der Waals surface area contributed by atoms with Crippen molar-refractivity contribution in [2.75, 3.05) is 13.1 Å². The molecule has 0 spiro atoms. The Kier molecular flexibility index (Phi) is 8.25. The molecule has 1 unspecified atom stereocenters. The maximum atomic E-state index is 13.0. The number of primary amides is 1. The fourth-order valence-electron chi connectivity index (χ4n) is 2.66. The van der Waals surface area contributed by atoms with Crippen LogP contribution in [0, 0.1) is 11.7 Å². The summed E-state index contributed by atoms with van der Waals surface area (Å²) in [4.78, 5) is 23.8. The first kappa shape index (κ1) is 23.2. The molecule has 0 radical (unpaired) electrons. The monoisotopic (exact) mass is 433 g/mol. The van der Waals surface area contributed by atoms with Crippen molar-refractivity contribution in [3.8, 4) is 0 Å². The lowest BCUT2D eigenvalue weighted by Crippen LogP contribution is -2.36. The summed E-state index contributed by atoms with van der Waals surface area (Å²) in [6.45, 7) is 2.02. The third-order valence-electron chi connectivity index (χ3n) is 4.27. The van der Waals surface area contributed by atoms with Crippen LogP contribution in [0.2, 0.25) is 0 Å². The van der Waals surface area contributed by atoms with Crippen molar-refractivity contribution >= 4 is 27.9 Å². The number of nitrogens with two attached hydrogens (primary N) is 1. The maximum Gasteiger partial charge on any atom is 0.244 e. The van der Waals surface area contributed by atoms with Gasteiger partial charge in [0.15, 0.2) is 0 Å². The van der Waals surface area contributed by atoms with Gasteiger partial charge >= 0.3 is 0 Å². The molecule has 0 aliphatic heterocycles. The fourth-order valence-corrected chi connectivity index (χ4v) is 3.71. The van der Waals surface area contributed by atoms with Crippen LogP contribution in [0.15, 0.2) is 59.5 Å². The lowest BCUT2D eigenvalue weighted by molar-refractivity contribution is -0.122. The number of sulfonamides is 1. The van der Waals surface area contributed by atoms with Crippen molar-refractivity contribution in [3.63, 3.8) is 0 Å². The largest absolute Gasteiger partial charge is 0.369 e. The summed E-state index contributed by atoms with van der Waals surface area (Å²) in [6.07, 6.45) is 3.09. The highest BCUT2D eigenvalue weighted by atomic mass is 32.2. The molecule has 2 rings (SSSR count). The molecule has 0 saturated carbocycles. The van der Waals surface area contributed by atoms with Gasteiger partial charge in [-0.2, -0.15) is 0 Å². The second-order valence-electron chi connectivity index (χ2n) is 6.58. The van der Waals surface area contributed by atoms with E-state index in [0.717, 1.165) is 5.56 Å². The molecule has 4 N–H and O–H groups in total. The minimum atomic E-state index is -3.53. The fraction of sp³-hybridized carbons (Fsp3) is 0.238. The Bertz CT molecular complexity index is 1000. The molecule has 7 nitrogen and oxygen atoms in total. The molecule has 160 valence electrons. The number of nitrogens with one attached hydrogen (secondary N) is 2. The predicted octanol–water partition coefficient (Wildman–Crippen LogP) is 1.60. The molecular weight excluding hydrogens is 409 g/mol. The molecule has 1 atom stereocenters. The number of amides is 2. The van der Waals surface area contributed by atoms with E-state index in [9.17, 15) is 22.4 Å². The second kappa shape index (κ2) is 10.7. The Morgan fingerprint density at radius 2 is 1.73 bits per heavy atom. The molecular formula is C21H24FN3O4S. The summed E-state index contributed by atoms with van der Waals surface area (Å²) >= 11 is 0. The van der Waals surface area contributed by atoms with Crippen LogP contribution in [0.1, 0.15) is 18.1 Å². The molecule has 2 amide bonds. The quantitative estimate of drug-likeness (QED) is 0.493. The van der Waals surface area contributed by atoms with Crippen LogP contribution in [0.4, 0.5) is 4.39 Å². The van der Waals surface area contributed by atoms with Crippen molar-refractivity contribution in [3.05, 3.63) is 71.6 Å². The third kappa shape index (κ3) is 7.09. The number of carbonyl (C=O) groups is 2. The van der Waals surface area contributed by atoms with E-state index in [-0.39, 0.29) is 30.2 Å². The average molecular weight is 434 g/mol. The number of halogens is 1. The number of hydrogen-bond acceptors (Lipinski definition) is 4. The molecule has 0 bridgehead atoms. The minimum absolute atomic E-state index is 0.0375. The Morgan fingerprint density at radius 3 is 2.30 bits per heavy atom. The Balaban J connectivity index is 1.92. The SMILES string of the molecule is CCNS(=O)(=O)c1ccc(/C=C/C(=O)NCC(Cc2ccc(F)cc2)C(N)=O)cc1. The summed E-state index contributed by atoms with van der Waals surface area (Å²) in [6, 6.07) is 11.8. The smallest absolute Gasteiger partial charge is 0.244 e. The summed E-state index contributed by atoms with van der Waals surface area (Å²) < 4.78 is 39.2. The predicted molar refractivity (Wildman–Crippen MR) is 112 cm³/mol. The first-order valence-electron chi connectivity index (χ1n) is 9.30. The molecule has 0 heterocycles. The van der Waals surface area contributed by atoms with E-state index < -0.39 is 27.8 Å². The van der Waals surface area contributed by atoms with Gasteiger partial charge < -0.3 is 11.1 Å². The zero-order valence-electron chi connectivity index (χ0n) is 16.5. The normalized spacial score (nSPS) is 12.6. The van der Waals surface area contributed by atoms with Crippen molar-refractivity contribution in [1.29, 1.82) is 0 Å². The molecule has 9 heteroatoms. The molecule has 0 aromatic heterocycles. The first-order chi connectivity index (χ1) is 14.2. The Morgan fingerprint density at radius 1 is 1.10 bits per heavy atom. The summed E-state index contributed by atoms with van der Waals surface area (Å²) in [5, 5.41) is 2.61. The van der Waals surface area contributed by atoms with Crippen molar-refractivity contribution in [2.45, 2.75) is 18.2 Å². The minimum Gasteiger partial charge on any atom is -0.369 e. The molecule has 30 heavy (non-hydrogen) atoms. The van der Waals surface area contributed by atoms with Crippen LogP contribution in [0.25, 0.3) is 6.08 Å². The van der Waals surface area contributed by atoms with E-state index in [1.165, 1.54) is 36.4 Å². The van der Waals surface area contributed by atoms with E-state index >= 15 is 0 Å². The Hall–Kier alpha value is -3.04. The van der Waals surface area contributed by atoms with Crippen LogP contribution >= 0.6 is 0 Å². The number of carbonyl (C=O) groups excluding carboxylic acids is 2. The molecule has 0 fully saturated rings. The van der Waals surface area contributed by atoms with E-state index in [4.69, 9.17) is 5.73 Å². The number of benzene rings is 2. The van der Waals surface area contributed by atoms with Gasteiger partial charge in [-0.25, -0.2) is 17.5 Å². The van der Waals surface area contributed by atoms with Crippen LogP contribution in [0.3, 0.4) is 0 Å². The van der Waals surface area contributed by atoms with Gasteiger partial charge in [-0.3, -0.25) is 9.59 Å². The molecule has 0 saturated heterocycles. The highest BCUT2D eigenvalue weighted by Gasteiger charge is 2.17. The Labute approximate surface area is 175 Å². The summed E-state index contributed by atoms with van der Waals surface area (Å²) in [7, 11) is -3.53. The van der Waals surface area contributed by atoms with Gasteiger partial charge in [0.05, 0.1) is 10.8 Å². The van der Waals surface area contributed by atoms with Gasteiger partial charge in [0.1, 0.15) is 5.82 Å². The van der Waals surface area contributed by atoms with Crippen molar-refractivity contribution in [2.24, 2.45) is 11.7 Å². The highest BCUT2D eigenvalue weighted by Crippen LogP contribution is 2.12. The first-order valence-corrected chi connectivity index (χ1v) is 10.8. The van der Waals surface area contributed by atoms with Crippen LogP contribution in [-0.4, -0.2) is 33.3 Å². The van der Waals surface area contributed by atoms with E-state index in [2.05, 4.69) is 10.0 Å². The van der Waals surface area contributed by atoms with E-state index in [1.54, 1.807) is 31.2 Å². The van der Waals surface area contributed by atoms with Crippen LogP contribution in [-0.2, 0) is 26.0 Å². The summed E-state index contributed by atoms with van der Waals surface area (Å²) in [5.74, 6) is -2.01. The standard InChI is InChI=1S/C21H24FN3O4S/c1-2-25-30(28,29)19-10-5-15(6-11-19)7-12-20(26)24-14-17(21(23)27)13-16-3-8-18(22)9-4-16/h3-12,17,25H,2,13-14H2,1H3,(H2,23,27)(H,24,26)/b12-7+. The van der Waals surface area contributed by atoms with Crippen molar-refractivity contribution in [1.82, 2.24) is 10.0 Å². The summed E-state index contributed by atoms with van der Waals surface area (Å²) in [5.41, 5.74) is 6.77. The van der Waals surface area contributed by atoms with Gasteiger partial charge in [-0.15, -0.1) is 0 Å². The van der Waals surface area contributed by atoms with Gasteiger partial charge in [-0.05, 0) is 47.9 Å². The average Bonchev–Trinajstić information content (AvgIpc) is 2.71. The van der Waals surface area contributed by atoms with Gasteiger partial charge in [-0.1, -0.05) is 31.2 Å². The van der Waals surface area contributed by atoms with E-state index in [0.29, 0.717) is 5.56 Å². The van der Waals surface area contributed by atoms with Crippen LogP contribution in [0.5, 0.6) is 0 Å². The lowest BCUT2D eigenvalue weighted by atomic mass is 9.98. The van der Waals surface area contributed by atoms with Gasteiger partial charge in [0.25, 0.3) is 0 Å². The van der Waals surface area contributed by atoms with Gasteiger partial charge in [0.2, 0.25) is 21.8 Å². The molecule has 0 aliphatic carbocycles. The van der Waals surface area contributed by atoms with Crippen molar-refractivity contribution < 1.29 is 22.4 Å². The van der Waals surface area contributed by atoms with Crippen LogP contribution < -0.4 is 15.8 Å². The highest BCUT2D eigenvalue weighted by molar-refractivity contribution is 7.89.